The van der Waals surface area contributed by atoms with Crippen LogP contribution < -0.4 is 5.32 Å². The second-order valence-electron chi connectivity index (χ2n) is 3.40. The number of hydrogen-bond donors (Lipinski definition) is 1. The molecule has 2 rings (SSSR count). The molecule has 0 atom stereocenters. The van der Waals surface area contributed by atoms with E-state index in [0.29, 0.717) is 12.1 Å². The smallest absolute Gasteiger partial charge is 0.252 e. The van der Waals surface area contributed by atoms with Crippen molar-refractivity contribution in [2.45, 2.75) is 19.9 Å². The molecule has 2 heterocycles. The Hall–Kier alpha value is -0.720. The molecule has 0 saturated heterocycles. The summed E-state index contributed by atoms with van der Waals surface area (Å²) >= 11 is 6.49. The summed E-state index contributed by atoms with van der Waals surface area (Å²) in [6.45, 7) is 2.59. The maximum Gasteiger partial charge on any atom is 0.252 e. The molecule has 0 aromatic carbocycles. The fourth-order valence-corrected chi connectivity index (χ4v) is 3.22. The van der Waals surface area contributed by atoms with Gasteiger partial charge < -0.3 is 5.32 Å². The van der Waals surface area contributed by atoms with Crippen molar-refractivity contribution in [2.24, 2.45) is 0 Å². The lowest BCUT2D eigenvalue weighted by atomic mass is 10.3. The molecule has 0 aliphatic rings. The van der Waals surface area contributed by atoms with E-state index >= 15 is 0 Å². The second-order valence-corrected chi connectivity index (χ2v) is 6.89. The Labute approximate surface area is 116 Å². The number of rotatable bonds is 4. The lowest BCUT2D eigenvalue weighted by molar-refractivity contribution is 0.0951. The van der Waals surface area contributed by atoms with Crippen LogP contribution in [0.2, 0.25) is 0 Å². The highest BCUT2D eigenvalue weighted by atomic mass is 79.9. The first-order chi connectivity index (χ1) is 8.19. The zero-order chi connectivity index (χ0) is 12.3. The molecule has 0 fully saturated rings. The van der Waals surface area contributed by atoms with Crippen LogP contribution in [0.25, 0.3) is 0 Å². The average Bonchev–Trinajstić information content (AvgIpc) is 2.94. The third-order valence-corrected chi connectivity index (χ3v) is 4.83. The summed E-state index contributed by atoms with van der Waals surface area (Å²) in [6, 6.07) is 1.82. The van der Waals surface area contributed by atoms with E-state index in [1.54, 1.807) is 11.3 Å². The number of carbonyl (C=O) groups is 1. The minimum absolute atomic E-state index is 0.0554. The number of nitrogens with zero attached hydrogens (tertiary/aromatic N) is 1. The topological polar surface area (TPSA) is 42.0 Å². The van der Waals surface area contributed by atoms with Gasteiger partial charge in [0.1, 0.15) is 5.01 Å². The number of nitrogens with one attached hydrogen (secondary N) is 1. The Morgan fingerprint density at radius 2 is 2.41 bits per heavy atom. The molecule has 0 unspecified atom stereocenters. The molecule has 90 valence electrons. The molecule has 0 aliphatic carbocycles. The van der Waals surface area contributed by atoms with Gasteiger partial charge >= 0.3 is 0 Å². The highest BCUT2D eigenvalue weighted by Gasteiger charge is 2.08. The third-order valence-electron chi connectivity index (χ3n) is 2.18. The first kappa shape index (κ1) is 12.7. The molecule has 0 bridgehead atoms. The van der Waals surface area contributed by atoms with Crippen molar-refractivity contribution < 1.29 is 4.79 Å². The molecule has 0 saturated carbocycles. The highest BCUT2D eigenvalue weighted by molar-refractivity contribution is 9.11. The number of halogens is 1. The van der Waals surface area contributed by atoms with E-state index in [4.69, 9.17) is 0 Å². The van der Waals surface area contributed by atoms with Gasteiger partial charge in [-0.05, 0) is 28.4 Å². The Morgan fingerprint density at radius 1 is 1.59 bits per heavy atom. The van der Waals surface area contributed by atoms with E-state index in [1.165, 1.54) is 16.2 Å². The standard InChI is InChI=1S/C11H11BrN2OS2/c1-2-8-4-13-10(17-8)5-14-11(15)7-3-9(12)16-6-7/h3-4,6H,2,5H2,1H3,(H,14,15). The van der Waals surface area contributed by atoms with Gasteiger partial charge in [0.2, 0.25) is 0 Å². The minimum atomic E-state index is -0.0554. The molecule has 1 N–H and O–H groups in total. The largest absolute Gasteiger partial charge is 0.345 e. The molecule has 2 aromatic heterocycles. The molecular formula is C11H11BrN2OS2. The zero-order valence-electron chi connectivity index (χ0n) is 9.20. The molecule has 6 heteroatoms. The number of aromatic nitrogens is 1. The maximum atomic E-state index is 11.8. The van der Waals surface area contributed by atoms with Crippen LogP contribution in [0.3, 0.4) is 0 Å². The van der Waals surface area contributed by atoms with E-state index in [1.807, 2.05) is 17.6 Å². The molecule has 0 aliphatic heterocycles. The fourth-order valence-electron chi connectivity index (χ4n) is 1.28. The average molecular weight is 331 g/mol. The number of thiazole rings is 1. The quantitative estimate of drug-likeness (QED) is 0.932. The van der Waals surface area contributed by atoms with Crippen LogP contribution >= 0.6 is 38.6 Å². The van der Waals surface area contributed by atoms with Gasteiger partial charge in [-0.15, -0.1) is 22.7 Å². The molecule has 3 nitrogen and oxygen atoms in total. The first-order valence-electron chi connectivity index (χ1n) is 5.15. The van der Waals surface area contributed by atoms with Gasteiger partial charge in [0, 0.05) is 16.5 Å². The SMILES string of the molecule is CCc1cnc(CNC(=O)c2csc(Br)c2)s1. The van der Waals surface area contributed by atoms with Gasteiger partial charge in [-0.25, -0.2) is 4.98 Å². The molecular weight excluding hydrogens is 320 g/mol. The van der Waals surface area contributed by atoms with Crippen LogP contribution in [0, 0.1) is 0 Å². The summed E-state index contributed by atoms with van der Waals surface area (Å²) in [5.74, 6) is -0.0554. The van der Waals surface area contributed by atoms with Crippen LogP contribution in [-0.2, 0) is 13.0 Å². The van der Waals surface area contributed by atoms with Crippen LogP contribution in [0.15, 0.2) is 21.4 Å². The highest BCUT2D eigenvalue weighted by Crippen LogP contribution is 2.20. The summed E-state index contributed by atoms with van der Waals surface area (Å²) < 4.78 is 0.963. The Kier molecular flexibility index (Phi) is 4.31. The minimum Gasteiger partial charge on any atom is -0.345 e. The van der Waals surface area contributed by atoms with Gasteiger partial charge in [-0.1, -0.05) is 6.92 Å². The van der Waals surface area contributed by atoms with Crippen molar-refractivity contribution in [1.29, 1.82) is 0 Å². The third kappa shape index (κ3) is 3.37. The van der Waals surface area contributed by atoms with Crippen LogP contribution in [0.4, 0.5) is 0 Å². The summed E-state index contributed by atoms with van der Waals surface area (Å²) in [5.41, 5.74) is 0.689. The van der Waals surface area contributed by atoms with Crippen LogP contribution in [0.5, 0.6) is 0 Å². The first-order valence-corrected chi connectivity index (χ1v) is 7.63. The monoisotopic (exact) mass is 330 g/mol. The Morgan fingerprint density at radius 3 is 3.00 bits per heavy atom. The van der Waals surface area contributed by atoms with E-state index < -0.39 is 0 Å². The number of hydrogen-bond acceptors (Lipinski definition) is 4. The lowest BCUT2D eigenvalue weighted by Gasteiger charge is -1.99. The number of thiophene rings is 1. The van der Waals surface area contributed by atoms with Crippen molar-refractivity contribution in [3.05, 3.63) is 36.9 Å². The summed E-state index contributed by atoms with van der Waals surface area (Å²) in [5, 5.41) is 5.64. The van der Waals surface area contributed by atoms with Crippen LogP contribution in [0.1, 0.15) is 27.2 Å². The molecule has 17 heavy (non-hydrogen) atoms. The van der Waals surface area contributed by atoms with Gasteiger partial charge in [0.05, 0.1) is 15.9 Å². The summed E-state index contributed by atoms with van der Waals surface area (Å²) in [4.78, 5) is 17.3. The molecule has 0 spiro atoms. The maximum absolute atomic E-state index is 11.8. The number of carbonyl (C=O) groups excluding carboxylic acids is 1. The van der Waals surface area contributed by atoms with E-state index in [-0.39, 0.29) is 5.91 Å². The van der Waals surface area contributed by atoms with Gasteiger partial charge in [-0.3, -0.25) is 4.79 Å². The normalized spacial score (nSPS) is 10.5. The second kappa shape index (κ2) is 5.75. The van der Waals surface area contributed by atoms with E-state index in [2.05, 4.69) is 33.2 Å². The van der Waals surface area contributed by atoms with Crippen molar-refractivity contribution >= 4 is 44.5 Å². The van der Waals surface area contributed by atoms with Gasteiger partial charge in [0.25, 0.3) is 5.91 Å². The van der Waals surface area contributed by atoms with Crippen molar-refractivity contribution in [2.75, 3.05) is 0 Å². The van der Waals surface area contributed by atoms with Gasteiger partial charge in [-0.2, -0.15) is 0 Å². The van der Waals surface area contributed by atoms with Crippen molar-refractivity contribution in [3.8, 4) is 0 Å². The van der Waals surface area contributed by atoms with Crippen molar-refractivity contribution in [3.63, 3.8) is 0 Å². The predicted molar refractivity (Wildman–Crippen MR) is 74.7 cm³/mol. The Bertz CT molecular complexity index is 521. The van der Waals surface area contributed by atoms with Crippen molar-refractivity contribution in [1.82, 2.24) is 10.3 Å². The zero-order valence-corrected chi connectivity index (χ0v) is 12.4. The van der Waals surface area contributed by atoms with Gasteiger partial charge in [0.15, 0.2) is 0 Å². The predicted octanol–water partition coefficient (Wildman–Crippen LogP) is 3.46. The molecule has 1 amide bonds. The number of aryl methyl sites for hydroxylation is 1. The number of amides is 1. The summed E-state index contributed by atoms with van der Waals surface area (Å²) in [6.07, 6.45) is 2.86. The van der Waals surface area contributed by atoms with E-state index in [9.17, 15) is 4.79 Å². The van der Waals surface area contributed by atoms with Crippen LogP contribution in [-0.4, -0.2) is 10.9 Å². The molecule has 0 radical (unpaired) electrons. The fraction of sp³-hybridized carbons (Fsp3) is 0.273. The summed E-state index contributed by atoms with van der Waals surface area (Å²) in [7, 11) is 0. The Balaban J connectivity index is 1.92. The van der Waals surface area contributed by atoms with E-state index in [0.717, 1.165) is 15.2 Å². The molecule has 2 aromatic rings. The lowest BCUT2D eigenvalue weighted by Crippen LogP contribution is -2.22.